The first-order valence-corrected chi connectivity index (χ1v) is 6.51. The number of amides is 1. The Hall–Kier alpha value is -2.40. The molecule has 0 fully saturated rings. The van der Waals surface area contributed by atoms with Gasteiger partial charge in [0.2, 0.25) is 0 Å². The van der Waals surface area contributed by atoms with Crippen molar-refractivity contribution < 1.29 is 4.79 Å². The van der Waals surface area contributed by atoms with Crippen LogP contribution in [0, 0.1) is 0 Å². The Labute approximate surface area is 116 Å². The predicted molar refractivity (Wildman–Crippen MR) is 75.2 cm³/mol. The highest BCUT2D eigenvalue weighted by molar-refractivity contribution is 5.93. The fourth-order valence-electron chi connectivity index (χ4n) is 2.34. The molecule has 0 radical (unpaired) electrons. The molecule has 5 nitrogen and oxygen atoms in total. The van der Waals surface area contributed by atoms with Crippen LogP contribution in [0.15, 0.2) is 41.3 Å². The third-order valence-electron chi connectivity index (χ3n) is 3.42. The molecule has 2 heterocycles. The number of H-pyrrole nitrogens is 1. The fraction of sp³-hybridized carbons (Fsp3) is 0.200. The van der Waals surface area contributed by atoms with Gasteiger partial charge in [-0.2, -0.15) is 0 Å². The molecule has 5 heteroatoms. The first-order chi connectivity index (χ1) is 9.74. The molecule has 2 aromatic rings. The molecule has 102 valence electrons. The van der Waals surface area contributed by atoms with Crippen LogP contribution in [0.2, 0.25) is 0 Å². The van der Waals surface area contributed by atoms with Gasteiger partial charge in [-0.25, -0.2) is 0 Å². The predicted octanol–water partition coefficient (Wildman–Crippen LogP) is 0.908. The Bertz CT molecular complexity index is 706. The molecule has 0 unspecified atom stereocenters. The molecule has 1 aromatic heterocycles. The zero-order valence-electron chi connectivity index (χ0n) is 10.9. The van der Waals surface area contributed by atoms with Crippen molar-refractivity contribution in [1.82, 2.24) is 15.6 Å². The van der Waals surface area contributed by atoms with E-state index >= 15 is 0 Å². The maximum Gasteiger partial charge on any atom is 0.260 e. The minimum Gasteiger partial charge on any atom is -0.348 e. The lowest BCUT2D eigenvalue weighted by Crippen LogP contribution is -2.28. The first kappa shape index (κ1) is 12.6. The van der Waals surface area contributed by atoms with Gasteiger partial charge in [0.05, 0.1) is 0 Å². The van der Waals surface area contributed by atoms with Gasteiger partial charge in [-0.05, 0) is 28.8 Å². The molecule has 0 saturated carbocycles. The number of carbonyl (C=O) groups excluding carboxylic acids is 1. The van der Waals surface area contributed by atoms with Gasteiger partial charge in [0, 0.05) is 25.8 Å². The van der Waals surface area contributed by atoms with E-state index < -0.39 is 0 Å². The smallest absolute Gasteiger partial charge is 0.260 e. The minimum absolute atomic E-state index is 0.135. The number of carbonyl (C=O) groups is 1. The van der Waals surface area contributed by atoms with E-state index in [1.165, 1.54) is 23.4 Å². The van der Waals surface area contributed by atoms with Crippen molar-refractivity contribution in [2.24, 2.45) is 0 Å². The third kappa shape index (κ3) is 2.48. The average molecular weight is 269 g/mol. The van der Waals surface area contributed by atoms with Gasteiger partial charge in [0.15, 0.2) is 0 Å². The van der Waals surface area contributed by atoms with Crippen LogP contribution in [0.1, 0.15) is 27.0 Å². The molecule has 1 aliphatic heterocycles. The topological polar surface area (TPSA) is 74.0 Å². The van der Waals surface area contributed by atoms with E-state index in [9.17, 15) is 9.59 Å². The summed E-state index contributed by atoms with van der Waals surface area (Å²) in [5.41, 5.74) is 3.38. The largest absolute Gasteiger partial charge is 0.348 e. The second kappa shape index (κ2) is 5.30. The minimum atomic E-state index is -0.372. The molecule has 0 spiro atoms. The van der Waals surface area contributed by atoms with Crippen LogP contribution in [0.4, 0.5) is 0 Å². The highest BCUT2D eigenvalue weighted by Gasteiger charge is 2.12. The van der Waals surface area contributed by atoms with Gasteiger partial charge in [-0.3, -0.25) is 9.59 Å². The second-order valence-electron chi connectivity index (χ2n) is 4.80. The summed E-state index contributed by atoms with van der Waals surface area (Å²) in [6.07, 6.45) is 1.51. The maximum absolute atomic E-state index is 11.9. The summed E-state index contributed by atoms with van der Waals surface area (Å²) < 4.78 is 0. The molecule has 0 aliphatic carbocycles. The van der Waals surface area contributed by atoms with Gasteiger partial charge >= 0.3 is 0 Å². The number of hydrogen-bond donors (Lipinski definition) is 3. The van der Waals surface area contributed by atoms with Crippen LogP contribution < -0.4 is 16.2 Å². The van der Waals surface area contributed by atoms with Crippen LogP contribution in [0.3, 0.4) is 0 Å². The standard InChI is InChI=1S/C15H15N3O2/c19-14-13(2-1-5-17-14)15(20)18-7-10-3-4-11-8-16-9-12(11)6-10/h1-6,16H,7-9H2,(H,17,19)(H,18,20). The van der Waals surface area contributed by atoms with E-state index in [1.54, 1.807) is 6.07 Å². The molecule has 3 rings (SSSR count). The zero-order valence-corrected chi connectivity index (χ0v) is 10.9. The van der Waals surface area contributed by atoms with E-state index in [4.69, 9.17) is 0 Å². The van der Waals surface area contributed by atoms with E-state index in [0.29, 0.717) is 6.54 Å². The monoisotopic (exact) mass is 269 g/mol. The van der Waals surface area contributed by atoms with Crippen molar-refractivity contribution in [2.75, 3.05) is 0 Å². The Morgan fingerprint density at radius 1 is 1.20 bits per heavy atom. The van der Waals surface area contributed by atoms with Crippen molar-refractivity contribution >= 4 is 5.91 Å². The summed E-state index contributed by atoms with van der Waals surface area (Å²) in [5, 5.41) is 6.05. The van der Waals surface area contributed by atoms with Gasteiger partial charge in [0.25, 0.3) is 11.5 Å². The zero-order chi connectivity index (χ0) is 13.9. The molecule has 1 amide bonds. The summed E-state index contributed by atoms with van der Waals surface area (Å²) in [6.45, 7) is 2.19. The quantitative estimate of drug-likeness (QED) is 0.775. The molecule has 0 bridgehead atoms. The molecular formula is C15H15N3O2. The summed E-state index contributed by atoms with van der Waals surface area (Å²) in [5.74, 6) is -0.356. The Kier molecular flexibility index (Phi) is 3.35. The molecule has 1 aliphatic rings. The number of rotatable bonds is 3. The second-order valence-corrected chi connectivity index (χ2v) is 4.80. The number of nitrogens with one attached hydrogen (secondary N) is 3. The van der Waals surface area contributed by atoms with Crippen LogP contribution >= 0.6 is 0 Å². The van der Waals surface area contributed by atoms with Crippen LogP contribution in [-0.2, 0) is 19.6 Å². The van der Waals surface area contributed by atoms with Gasteiger partial charge in [-0.1, -0.05) is 18.2 Å². The molecule has 3 N–H and O–H groups in total. The normalized spacial score (nSPS) is 13.0. The highest BCUT2D eigenvalue weighted by atomic mass is 16.2. The Morgan fingerprint density at radius 2 is 2.05 bits per heavy atom. The average Bonchev–Trinajstić information content (AvgIpc) is 2.92. The number of hydrogen-bond acceptors (Lipinski definition) is 3. The fourth-order valence-corrected chi connectivity index (χ4v) is 2.34. The van der Waals surface area contributed by atoms with Gasteiger partial charge < -0.3 is 15.6 Å². The molecule has 1 aromatic carbocycles. The number of fused-ring (bicyclic) bond motifs is 1. The van der Waals surface area contributed by atoms with Crippen molar-refractivity contribution in [3.63, 3.8) is 0 Å². The number of pyridine rings is 1. The first-order valence-electron chi connectivity index (χ1n) is 6.51. The van der Waals surface area contributed by atoms with Crippen molar-refractivity contribution in [2.45, 2.75) is 19.6 Å². The Morgan fingerprint density at radius 3 is 2.90 bits per heavy atom. The van der Waals surface area contributed by atoms with Crippen molar-refractivity contribution in [1.29, 1.82) is 0 Å². The van der Waals surface area contributed by atoms with Crippen LogP contribution in [0.5, 0.6) is 0 Å². The van der Waals surface area contributed by atoms with Gasteiger partial charge in [0.1, 0.15) is 5.56 Å². The third-order valence-corrected chi connectivity index (χ3v) is 3.42. The molecule has 0 atom stereocenters. The lowest BCUT2D eigenvalue weighted by Gasteiger charge is -2.06. The SMILES string of the molecule is O=C(NCc1ccc2c(c1)CNC2)c1ccc[nH]c1=O. The van der Waals surface area contributed by atoms with Crippen LogP contribution in [-0.4, -0.2) is 10.9 Å². The highest BCUT2D eigenvalue weighted by Crippen LogP contribution is 2.16. The Balaban J connectivity index is 1.69. The summed E-state index contributed by atoms with van der Waals surface area (Å²) in [7, 11) is 0. The van der Waals surface area contributed by atoms with E-state index in [1.807, 2.05) is 6.07 Å². The molecule has 0 saturated heterocycles. The van der Waals surface area contributed by atoms with Crippen LogP contribution in [0.25, 0.3) is 0 Å². The summed E-state index contributed by atoms with van der Waals surface area (Å²) in [6, 6.07) is 9.32. The lowest BCUT2D eigenvalue weighted by molar-refractivity contribution is 0.0949. The van der Waals surface area contributed by atoms with Crippen molar-refractivity contribution in [3.8, 4) is 0 Å². The van der Waals surface area contributed by atoms with E-state index in [0.717, 1.165) is 18.7 Å². The number of benzene rings is 1. The lowest BCUT2D eigenvalue weighted by atomic mass is 10.1. The molecule has 20 heavy (non-hydrogen) atoms. The van der Waals surface area contributed by atoms with E-state index in [2.05, 4.69) is 27.8 Å². The maximum atomic E-state index is 11.9. The van der Waals surface area contributed by atoms with Gasteiger partial charge in [-0.15, -0.1) is 0 Å². The summed E-state index contributed by atoms with van der Waals surface area (Å²) >= 11 is 0. The molecular weight excluding hydrogens is 254 g/mol. The van der Waals surface area contributed by atoms with E-state index in [-0.39, 0.29) is 17.0 Å². The number of aromatic nitrogens is 1. The van der Waals surface area contributed by atoms with Crippen molar-refractivity contribution in [3.05, 3.63) is 69.1 Å². The summed E-state index contributed by atoms with van der Waals surface area (Å²) in [4.78, 5) is 25.9. The number of aromatic amines is 1.